The third kappa shape index (κ3) is 56.7. The molecule has 0 aromatic heterocycles. The zero-order chi connectivity index (χ0) is 30.9. The third-order valence-corrected chi connectivity index (χ3v) is 5.90. The monoisotopic (exact) mass is 678 g/mol. The first-order chi connectivity index (χ1) is 16.8. The molecule has 10 heteroatoms. The first-order valence-electron chi connectivity index (χ1n) is 13.6. The summed E-state index contributed by atoms with van der Waals surface area (Å²) >= 11 is 0. The van der Waals surface area contributed by atoms with E-state index in [9.17, 15) is 4.79 Å². The Morgan fingerprint density at radius 1 is 0.683 bits per heavy atom. The Labute approximate surface area is 282 Å². The van der Waals surface area contributed by atoms with Crippen molar-refractivity contribution in [1.82, 2.24) is 5.32 Å². The molecular formula is C31H77N2O7Y-. The van der Waals surface area contributed by atoms with Gasteiger partial charge in [-0.2, -0.15) is 0 Å². The molecule has 0 bridgehead atoms. The van der Waals surface area contributed by atoms with Crippen LogP contribution in [0, 0.1) is 24.7 Å². The minimum Gasteiger partial charge on any atom is -0.396 e. The molecule has 0 aromatic carbocycles. The van der Waals surface area contributed by atoms with Gasteiger partial charge in [0, 0.05) is 64.3 Å². The normalized spacial score (nSPS) is 16.5. The molecule has 0 heterocycles. The van der Waals surface area contributed by atoms with Crippen LogP contribution in [0.25, 0.3) is 0 Å². The molecule has 0 fully saturated rings. The van der Waals surface area contributed by atoms with E-state index in [0.717, 1.165) is 19.3 Å². The van der Waals surface area contributed by atoms with Crippen LogP contribution < -0.4 is 11.1 Å². The molecule has 257 valence electrons. The molecule has 9 nitrogen and oxygen atoms in total. The minimum atomic E-state index is -0.464. The molecule has 0 aliphatic carbocycles. The maximum Gasteiger partial charge on any atom is 0.217 e. The van der Waals surface area contributed by atoms with Crippen molar-refractivity contribution in [3.8, 4) is 0 Å². The van der Waals surface area contributed by atoms with Crippen molar-refractivity contribution in [3.05, 3.63) is 6.92 Å². The molecule has 41 heavy (non-hydrogen) atoms. The molecule has 9 N–H and O–H groups in total. The van der Waals surface area contributed by atoms with Gasteiger partial charge in [0.25, 0.3) is 0 Å². The maximum absolute atomic E-state index is 10.5. The van der Waals surface area contributed by atoms with E-state index >= 15 is 0 Å². The van der Waals surface area contributed by atoms with E-state index in [1.165, 1.54) is 6.92 Å². The number of nitrogens with one attached hydrogen (secondary N) is 1. The van der Waals surface area contributed by atoms with E-state index in [2.05, 4.69) is 19.2 Å². The van der Waals surface area contributed by atoms with Gasteiger partial charge in [-0.05, 0) is 53.4 Å². The number of nitrogens with two attached hydrogens (primary N) is 1. The predicted octanol–water partition coefficient (Wildman–Crippen LogP) is 4.54. The van der Waals surface area contributed by atoms with Crippen LogP contribution in [0.15, 0.2) is 0 Å². The van der Waals surface area contributed by atoms with Gasteiger partial charge in [0.2, 0.25) is 5.91 Å². The van der Waals surface area contributed by atoms with Crippen LogP contribution in [-0.4, -0.2) is 85.8 Å². The molecule has 10 atom stereocenters. The zero-order valence-corrected chi connectivity index (χ0v) is 29.4. The molecule has 0 aromatic rings. The van der Waals surface area contributed by atoms with Gasteiger partial charge in [-0.25, -0.2) is 0 Å². The van der Waals surface area contributed by atoms with Gasteiger partial charge in [0.1, 0.15) is 0 Å². The second-order valence-electron chi connectivity index (χ2n) is 10.0. The Bertz CT molecular complexity index is 428. The van der Waals surface area contributed by atoms with Gasteiger partial charge in [-0.3, -0.25) is 4.79 Å². The summed E-state index contributed by atoms with van der Waals surface area (Å²) < 4.78 is 0. The van der Waals surface area contributed by atoms with Crippen molar-refractivity contribution in [1.29, 1.82) is 0 Å². The molecule has 0 aliphatic heterocycles. The van der Waals surface area contributed by atoms with E-state index < -0.39 is 6.10 Å². The number of aliphatic hydroxyl groups is 6. The van der Waals surface area contributed by atoms with Crippen LogP contribution in [0.2, 0.25) is 0 Å². The van der Waals surface area contributed by atoms with Crippen molar-refractivity contribution in [2.24, 2.45) is 23.5 Å². The Balaban J connectivity index is -0.0000000440. The summed E-state index contributed by atoms with van der Waals surface area (Å²) in [6, 6.07) is -0.141. The Morgan fingerprint density at radius 2 is 1.02 bits per heavy atom. The van der Waals surface area contributed by atoms with Crippen LogP contribution in [0.4, 0.5) is 0 Å². The van der Waals surface area contributed by atoms with Crippen LogP contribution in [0.3, 0.4) is 0 Å². The Kier molecular flexibility index (Phi) is 66.5. The fourth-order valence-corrected chi connectivity index (χ4v) is 1.66. The maximum atomic E-state index is 10.5. The van der Waals surface area contributed by atoms with Crippen molar-refractivity contribution in [2.45, 2.75) is 167 Å². The van der Waals surface area contributed by atoms with E-state index in [1.807, 2.05) is 34.6 Å². The third-order valence-electron chi connectivity index (χ3n) is 5.90. The first kappa shape index (κ1) is 64.3. The predicted molar refractivity (Wildman–Crippen MR) is 175 cm³/mol. The summed E-state index contributed by atoms with van der Waals surface area (Å²) in [7, 11) is 0. The number of aliphatic hydroxyl groups excluding tert-OH is 6. The van der Waals surface area contributed by atoms with Gasteiger partial charge in [0.15, 0.2) is 0 Å². The van der Waals surface area contributed by atoms with Crippen LogP contribution in [-0.2, 0) is 37.5 Å². The van der Waals surface area contributed by atoms with Crippen LogP contribution in [0.1, 0.15) is 125 Å². The van der Waals surface area contributed by atoms with Crippen molar-refractivity contribution >= 4 is 5.91 Å². The smallest absolute Gasteiger partial charge is 0.217 e. The number of rotatable bonds is 10. The van der Waals surface area contributed by atoms with E-state index in [-0.39, 0.29) is 116 Å². The van der Waals surface area contributed by atoms with Crippen molar-refractivity contribution in [2.75, 3.05) is 6.61 Å². The summed E-state index contributed by atoms with van der Waals surface area (Å²) in [6.07, 6.45) is 1.07. The summed E-state index contributed by atoms with van der Waals surface area (Å²) in [5.74, 6) is 0.540. The Hall–Kier alpha value is 0.294. The quantitative estimate of drug-likeness (QED) is 0.155. The molecular weight excluding hydrogens is 601 g/mol. The van der Waals surface area contributed by atoms with Crippen LogP contribution >= 0.6 is 0 Å². The average Bonchev–Trinajstić information content (AvgIpc) is 2.81. The first-order valence-corrected chi connectivity index (χ1v) is 13.6. The molecule has 0 spiro atoms. The van der Waals surface area contributed by atoms with Gasteiger partial charge in [-0.15, -0.1) is 5.92 Å². The van der Waals surface area contributed by atoms with E-state index in [0.29, 0.717) is 5.92 Å². The molecule has 1 amide bonds. The SMILES string of the molecule is C.C.C.CC(O)C(C)CO.CCC(C)C(C)O.CCC(N)C(C)O.CCC(NC(C)=O)C(C)O.[CH2-]C(C)C(C)O.[Y]. The number of carbonyl (C=O) groups is 1. The molecule has 10 unspecified atom stereocenters. The largest absolute Gasteiger partial charge is 0.396 e. The van der Waals surface area contributed by atoms with Crippen LogP contribution in [0.5, 0.6) is 0 Å². The average molecular weight is 679 g/mol. The standard InChI is InChI=1S/C7H15NO2.C6H14O.C5H13NO.C5H12O2.C5H11O.3CH4.Y/c1-4-7(5(2)9)8-6(3)10;1-4-5(2)6(3)7;1-3-5(6)4(2)7;1-4(3-6)5(2)7;1-4(2)5(3)6;;;;/h5,7,9H,4H2,1-3H3,(H,8,10);5-7H,4H2,1-3H3;4-5,7H,3,6H2,1-2H3;4-7H,3H2,1-2H3;4-6H,1H2,2-3H3;3*1H4;/q;;;;-1;;;;. The molecule has 0 saturated carbocycles. The number of hydrogen-bond donors (Lipinski definition) is 8. The summed E-state index contributed by atoms with van der Waals surface area (Å²) in [5, 5.41) is 54.8. The molecule has 0 rings (SSSR count). The summed E-state index contributed by atoms with van der Waals surface area (Å²) in [6.45, 7) is 25.4. The summed E-state index contributed by atoms with van der Waals surface area (Å²) in [5.41, 5.74) is 5.37. The molecule has 0 aliphatic rings. The topological polar surface area (TPSA) is 176 Å². The van der Waals surface area contributed by atoms with E-state index in [1.54, 1.807) is 34.6 Å². The second-order valence-corrected chi connectivity index (χ2v) is 10.0. The van der Waals surface area contributed by atoms with E-state index in [4.69, 9.17) is 36.4 Å². The van der Waals surface area contributed by atoms with Gasteiger partial charge >= 0.3 is 0 Å². The zero-order valence-electron chi connectivity index (χ0n) is 26.6. The number of amides is 1. The van der Waals surface area contributed by atoms with Gasteiger partial charge in [0.05, 0.1) is 30.5 Å². The fraction of sp³-hybridized carbons (Fsp3) is 0.935. The molecule has 0 saturated heterocycles. The van der Waals surface area contributed by atoms with Gasteiger partial charge < -0.3 is 48.6 Å². The second kappa shape index (κ2) is 42.4. The number of carbonyl (C=O) groups excluding carboxylic acids is 1. The minimum absolute atomic E-state index is 0. The molecule has 1 radical (unpaired) electrons. The number of hydrogen-bond acceptors (Lipinski definition) is 8. The Morgan fingerprint density at radius 3 is 1.05 bits per heavy atom. The van der Waals surface area contributed by atoms with Crippen molar-refractivity contribution < 1.29 is 68.1 Å². The van der Waals surface area contributed by atoms with Gasteiger partial charge in [-0.1, -0.05) is 70.2 Å². The summed E-state index contributed by atoms with van der Waals surface area (Å²) in [4.78, 5) is 10.5. The van der Waals surface area contributed by atoms with Crippen molar-refractivity contribution in [3.63, 3.8) is 0 Å². The fourth-order valence-electron chi connectivity index (χ4n) is 1.66.